The van der Waals surface area contributed by atoms with Crippen LogP contribution in [0.3, 0.4) is 0 Å². The summed E-state index contributed by atoms with van der Waals surface area (Å²) < 4.78 is 43.5. The summed E-state index contributed by atoms with van der Waals surface area (Å²) in [4.78, 5) is 0. The van der Waals surface area contributed by atoms with Crippen LogP contribution in [0.4, 0.5) is 4.39 Å². The molecule has 1 heterocycles. The summed E-state index contributed by atoms with van der Waals surface area (Å²) in [6, 6.07) is 5.28. The van der Waals surface area contributed by atoms with Crippen LogP contribution >= 0.6 is 0 Å². The Hall–Kier alpha value is -1.83. The Morgan fingerprint density at radius 2 is 1.71 bits per heavy atom. The molecule has 7 heteroatoms. The van der Waals surface area contributed by atoms with E-state index in [0.717, 1.165) is 0 Å². The van der Waals surface area contributed by atoms with E-state index in [9.17, 15) is 0 Å². The van der Waals surface area contributed by atoms with E-state index in [1.165, 1.54) is 0 Å². The Morgan fingerprint density at radius 3 is 2.25 bits per heavy atom. The van der Waals surface area contributed by atoms with Crippen LogP contribution in [0.25, 0.3) is 5.57 Å². The molecule has 0 bridgehead atoms. The molecule has 0 atom stereocenters. The van der Waals surface area contributed by atoms with Gasteiger partial charge in [-0.1, -0.05) is 12.1 Å². The minimum absolute atomic E-state index is 0.336. The highest BCUT2D eigenvalue weighted by Gasteiger charge is 2.53. The first kappa shape index (κ1) is 22.5. The molecule has 0 aliphatic carbocycles. The van der Waals surface area contributed by atoms with Gasteiger partial charge in [0.25, 0.3) is 0 Å². The fourth-order valence-corrected chi connectivity index (χ4v) is 2.86. The lowest BCUT2D eigenvalue weighted by atomic mass is 9.81. The van der Waals surface area contributed by atoms with Crippen molar-refractivity contribution in [3.05, 3.63) is 42.1 Å². The number of halogens is 1. The topological polar surface area (TPSA) is 46.2 Å². The number of ether oxygens (including phenoxy) is 3. The van der Waals surface area contributed by atoms with Crippen LogP contribution in [0.1, 0.15) is 39.7 Å². The third-order valence-corrected chi connectivity index (χ3v) is 5.21. The molecule has 1 aliphatic heterocycles. The quantitative estimate of drug-likeness (QED) is 0.349. The van der Waals surface area contributed by atoms with Gasteiger partial charge in [-0.15, -0.1) is 6.58 Å². The van der Waals surface area contributed by atoms with Crippen LogP contribution < -0.4 is 9.47 Å². The molecule has 0 unspecified atom stereocenters. The Kier molecular flexibility index (Phi) is 7.31. The molecule has 1 aromatic rings. The monoisotopic (exact) mass is 392 g/mol. The second-order valence-corrected chi connectivity index (χ2v) is 7.60. The zero-order valence-corrected chi connectivity index (χ0v) is 17.6. The van der Waals surface area contributed by atoms with Crippen LogP contribution in [-0.4, -0.2) is 45.8 Å². The Morgan fingerprint density at radius 1 is 1.11 bits per heavy atom. The molecule has 1 aromatic carbocycles. The van der Waals surface area contributed by atoms with Crippen molar-refractivity contribution >= 4 is 12.7 Å². The van der Waals surface area contributed by atoms with E-state index in [1.807, 2.05) is 27.7 Å². The fraction of sp³-hybridized carbons (Fsp3) is 0.524. The molecule has 1 fully saturated rings. The third-order valence-electron chi connectivity index (χ3n) is 5.21. The van der Waals surface area contributed by atoms with Crippen molar-refractivity contribution in [2.45, 2.75) is 45.3 Å². The summed E-state index contributed by atoms with van der Waals surface area (Å²) in [6.07, 6.45) is 2.00. The zero-order chi connectivity index (χ0) is 20.9. The first-order valence-electron chi connectivity index (χ1n) is 9.32. The minimum atomic E-state index is -1.08. The van der Waals surface area contributed by atoms with Gasteiger partial charge in [0.2, 0.25) is 0 Å². The van der Waals surface area contributed by atoms with Gasteiger partial charge in [-0.3, -0.25) is 0 Å². The average Bonchev–Trinajstić information content (AvgIpc) is 2.88. The lowest BCUT2D eigenvalue weighted by Crippen LogP contribution is -2.41. The predicted octanol–water partition coefficient (Wildman–Crippen LogP) is 4.61. The van der Waals surface area contributed by atoms with Crippen LogP contribution in [-0.2, 0) is 14.0 Å². The second-order valence-electron chi connectivity index (χ2n) is 7.60. The highest BCUT2D eigenvalue weighted by Crippen LogP contribution is 2.41. The Labute approximate surface area is 167 Å². The summed E-state index contributed by atoms with van der Waals surface area (Å²) in [7, 11) is 2.03. The highest BCUT2D eigenvalue weighted by atomic mass is 19.1. The molecule has 2 rings (SSSR count). The molecule has 28 heavy (non-hydrogen) atoms. The molecule has 1 aliphatic rings. The molecular weight excluding hydrogens is 362 g/mol. The lowest BCUT2D eigenvalue weighted by Gasteiger charge is -2.32. The van der Waals surface area contributed by atoms with Gasteiger partial charge in [0.1, 0.15) is 5.73 Å². The minimum Gasteiger partial charge on any atom is -0.493 e. The highest BCUT2D eigenvalue weighted by molar-refractivity contribution is 6.55. The van der Waals surface area contributed by atoms with E-state index in [1.54, 1.807) is 38.5 Å². The number of rotatable bonds is 9. The van der Waals surface area contributed by atoms with Gasteiger partial charge in [0.15, 0.2) is 11.5 Å². The first-order valence-corrected chi connectivity index (χ1v) is 9.32. The average molecular weight is 392 g/mol. The van der Waals surface area contributed by atoms with E-state index in [0.29, 0.717) is 42.3 Å². The molecule has 1 saturated heterocycles. The SMILES string of the molecule is C=CCOCCC(=C(F)B1OC(C)(C)C(C)(C)O1)c1ccc(OC)c(OC)c1. The summed E-state index contributed by atoms with van der Waals surface area (Å²) >= 11 is 0. The van der Waals surface area contributed by atoms with Crippen LogP contribution in [0, 0.1) is 0 Å². The van der Waals surface area contributed by atoms with E-state index >= 15 is 4.39 Å². The molecule has 0 spiro atoms. The fourth-order valence-electron chi connectivity index (χ4n) is 2.86. The first-order chi connectivity index (χ1) is 13.2. The molecule has 0 N–H and O–H groups in total. The maximum Gasteiger partial charge on any atom is 0.525 e. The van der Waals surface area contributed by atoms with E-state index in [2.05, 4.69) is 6.58 Å². The molecule has 0 amide bonds. The van der Waals surface area contributed by atoms with Crippen LogP contribution in [0.15, 0.2) is 36.6 Å². The largest absolute Gasteiger partial charge is 0.525 e. The smallest absolute Gasteiger partial charge is 0.493 e. The van der Waals surface area contributed by atoms with E-state index in [4.69, 9.17) is 23.5 Å². The molecular formula is C21H30BFO5. The van der Waals surface area contributed by atoms with Crippen molar-refractivity contribution in [1.82, 2.24) is 0 Å². The van der Waals surface area contributed by atoms with Crippen LogP contribution in [0.2, 0.25) is 0 Å². The van der Waals surface area contributed by atoms with Gasteiger partial charge in [0.05, 0.1) is 38.6 Å². The zero-order valence-electron chi connectivity index (χ0n) is 17.6. The molecule has 5 nitrogen and oxygen atoms in total. The third kappa shape index (κ3) is 4.77. The standard InChI is InChI=1S/C21H30BFO5/c1-8-12-26-13-11-16(15-9-10-17(24-6)18(14-15)25-7)19(23)22-27-20(2,3)21(4,5)28-22/h8-10,14H,1,11-13H2,2-7H3. The Balaban J connectivity index is 2.41. The van der Waals surface area contributed by atoms with Gasteiger partial charge in [-0.25, -0.2) is 4.39 Å². The van der Waals surface area contributed by atoms with Gasteiger partial charge in [-0.2, -0.15) is 0 Å². The summed E-state index contributed by atoms with van der Waals surface area (Å²) in [5.41, 5.74) is -0.614. The van der Waals surface area contributed by atoms with Crippen molar-refractivity contribution in [1.29, 1.82) is 0 Å². The van der Waals surface area contributed by atoms with Gasteiger partial charge >= 0.3 is 7.12 Å². The number of methoxy groups -OCH3 is 2. The van der Waals surface area contributed by atoms with Crippen LogP contribution in [0.5, 0.6) is 11.5 Å². The van der Waals surface area contributed by atoms with Crippen molar-refractivity contribution in [2.75, 3.05) is 27.4 Å². The maximum atomic E-state index is 15.6. The molecule has 0 radical (unpaired) electrons. The second kappa shape index (κ2) is 9.12. The Bertz CT molecular complexity index is 714. The van der Waals surface area contributed by atoms with E-state index < -0.39 is 24.0 Å². The maximum absolute atomic E-state index is 15.6. The van der Waals surface area contributed by atoms with Crippen molar-refractivity contribution in [3.63, 3.8) is 0 Å². The summed E-state index contributed by atoms with van der Waals surface area (Å²) in [5.74, 6) is 1.09. The molecule has 0 aromatic heterocycles. The predicted molar refractivity (Wildman–Crippen MR) is 109 cm³/mol. The van der Waals surface area contributed by atoms with Gasteiger partial charge in [-0.05, 0) is 57.4 Å². The summed E-state index contributed by atoms with van der Waals surface area (Å²) in [5, 5.41) is 0. The normalized spacial score (nSPS) is 18.6. The van der Waals surface area contributed by atoms with Gasteiger partial charge in [0, 0.05) is 0 Å². The van der Waals surface area contributed by atoms with Crippen molar-refractivity contribution < 1.29 is 27.9 Å². The summed E-state index contributed by atoms with van der Waals surface area (Å²) in [6.45, 7) is 11.9. The number of benzene rings is 1. The molecule has 154 valence electrons. The lowest BCUT2D eigenvalue weighted by molar-refractivity contribution is 0.00578. The van der Waals surface area contributed by atoms with E-state index in [-0.39, 0.29) is 0 Å². The number of hydrogen-bond acceptors (Lipinski definition) is 5. The van der Waals surface area contributed by atoms with Crippen molar-refractivity contribution in [2.24, 2.45) is 0 Å². The van der Waals surface area contributed by atoms with Crippen molar-refractivity contribution in [3.8, 4) is 11.5 Å². The van der Waals surface area contributed by atoms with Gasteiger partial charge < -0.3 is 23.5 Å². The molecule has 0 saturated carbocycles. The number of hydrogen-bond donors (Lipinski definition) is 0.